The summed E-state index contributed by atoms with van der Waals surface area (Å²) >= 11 is 0. The fourth-order valence-corrected chi connectivity index (χ4v) is 0.865. The Hall–Kier alpha value is -2.25. The average Bonchev–Trinajstić information content (AvgIpc) is 2.53. The zero-order valence-corrected chi connectivity index (χ0v) is 6.24. The van der Waals surface area contributed by atoms with Gasteiger partial charge in [-0.2, -0.15) is 5.21 Å². The second-order valence-electron chi connectivity index (χ2n) is 2.24. The lowest BCUT2D eigenvalue weighted by atomic mass is 10.4. The Bertz CT molecular complexity index is 480. The third kappa shape index (κ3) is 1.36. The quantitative estimate of drug-likeness (QED) is 0.480. The number of aromatic amines is 3. The molecule has 0 atom stereocenters. The van der Waals surface area contributed by atoms with Gasteiger partial charge in [-0.25, -0.2) is 4.79 Å². The maximum absolute atomic E-state index is 10.8. The third-order valence-corrected chi connectivity index (χ3v) is 1.35. The first-order valence-electron chi connectivity index (χ1n) is 3.33. The van der Waals surface area contributed by atoms with Gasteiger partial charge < -0.3 is 4.98 Å². The van der Waals surface area contributed by atoms with E-state index in [4.69, 9.17) is 0 Å². The second-order valence-corrected chi connectivity index (χ2v) is 2.24. The molecule has 8 nitrogen and oxygen atoms in total. The Kier molecular flexibility index (Phi) is 1.51. The Morgan fingerprint density at radius 2 is 2.08 bits per heavy atom. The van der Waals surface area contributed by atoms with Gasteiger partial charge in [-0.3, -0.25) is 9.78 Å². The fraction of sp³-hybridized carbons (Fsp3) is 0. The number of aromatic nitrogens is 6. The van der Waals surface area contributed by atoms with Gasteiger partial charge >= 0.3 is 5.69 Å². The summed E-state index contributed by atoms with van der Waals surface area (Å²) in [6.07, 6.45) is 0. The highest BCUT2D eigenvalue weighted by Crippen LogP contribution is 2.02. The fourth-order valence-electron chi connectivity index (χ4n) is 0.865. The van der Waals surface area contributed by atoms with Crippen LogP contribution in [0.3, 0.4) is 0 Å². The van der Waals surface area contributed by atoms with Crippen molar-refractivity contribution in [1.29, 1.82) is 0 Å². The minimum absolute atomic E-state index is 0.170. The molecule has 0 fully saturated rings. The van der Waals surface area contributed by atoms with Crippen molar-refractivity contribution in [2.24, 2.45) is 0 Å². The van der Waals surface area contributed by atoms with Gasteiger partial charge in [0.15, 0.2) is 0 Å². The number of hydrogen-bond acceptors (Lipinski definition) is 5. The van der Waals surface area contributed by atoms with Crippen LogP contribution in [0.4, 0.5) is 0 Å². The molecule has 0 bridgehead atoms. The first kappa shape index (κ1) is 7.40. The molecule has 8 heteroatoms. The van der Waals surface area contributed by atoms with Gasteiger partial charge in [0, 0.05) is 6.07 Å². The first-order valence-corrected chi connectivity index (χ1v) is 3.33. The van der Waals surface area contributed by atoms with Crippen LogP contribution < -0.4 is 11.2 Å². The number of tetrazole rings is 1. The molecule has 0 radical (unpaired) electrons. The zero-order chi connectivity index (χ0) is 9.26. The van der Waals surface area contributed by atoms with Crippen molar-refractivity contribution in [3.63, 3.8) is 0 Å². The Morgan fingerprint density at radius 1 is 1.23 bits per heavy atom. The Morgan fingerprint density at radius 3 is 2.69 bits per heavy atom. The summed E-state index contributed by atoms with van der Waals surface area (Å²) < 4.78 is 0. The summed E-state index contributed by atoms with van der Waals surface area (Å²) in [6, 6.07) is 1.17. The third-order valence-electron chi connectivity index (χ3n) is 1.35. The van der Waals surface area contributed by atoms with E-state index >= 15 is 0 Å². The summed E-state index contributed by atoms with van der Waals surface area (Å²) in [5, 5.41) is 12.7. The molecule has 0 saturated heterocycles. The molecule has 2 aromatic heterocycles. The van der Waals surface area contributed by atoms with Crippen LogP contribution in [0.15, 0.2) is 15.7 Å². The zero-order valence-electron chi connectivity index (χ0n) is 6.24. The predicted molar refractivity (Wildman–Crippen MR) is 40.9 cm³/mol. The van der Waals surface area contributed by atoms with Crippen LogP contribution in [0, 0.1) is 0 Å². The molecule has 13 heavy (non-hydrogen) atoms. The molecule has 0 saturated carbocycles. The van der Waals surface area contributed by atoms with E-state index in [1.165, 1.54) is 6.07 Å². The van der Waals surface area contributed by atoms with Gasteiger partial charge in [0.25, 0.3) is 5.56 Å². The summed E-state index contributed by atoms with van der Waals surface area (Å²) in [7, 11) is 0. The predicted octanol–water partition coefficient (Wildman–Crippen LogP) is -1.76. The van der Waals surface area contributed by atoms with Crippen molar-refractivity contribution in [3.8, 4) is 11.5 Å². The van der Waals surface area contributed by atoms with Crippen LogP contribution in [0.2, 0.25) is 0 Å². The highest BCUT2D eigenvalue weighted by atomic mass is 16.2. The highest BCUT2D eigenvalue weighted by molar-refractivity contribution is 5.45. The van der Waals surface area contributed by atoms with E-state index in [0.29, 0.717) is 0 Å². The van der Waals surface area contributed by atoms with E-state index in [2.05, 4.69) is 25.6 Å². The minimum Gasteiger partial charge on any atom is -0.304 e. The smallest absolute Gasteiger partial charge is 0.304 e. The molecule has 0 aromatic carbocycles. The van der Waals surface area contributed by atoms with Gasteiger partial charge in [0.1, 0.15) is 0 Å². The number of nitrogens with one attached hydrogen (secondary N) is 3. The van der Waals surface area contributed by atoms with Crippen molar-refractivity contribution in [2.45, 2.75) is 0 Å². The summed E-state index contributed by atoms with van der Waals surface area (Å²) in [6.45, 7) is 0. The van der Waals surface area contributed by atoms with Gasteiger partial charge in [-0.15, -0.1) is 10.2 Å². The van der Waals surface area contributed by atoms with Crippen molar-refractivity contribution >= 4 is 0 Å². The molecule has 66 valence electrons. The Labute approximate surface area is 70.0 Å². The molecule has 0 aliphatic carbocycles. The molecule has 2 aromatic rings. The van der Waals surface area contributed by atoms with Crippen molar-refractivity contribution in [1.82, 2.24) is 30.6 Å². The molecule has 3 N–H and O–H groups in total. The van der Waals surface area contributed by atoms with E-state index in [1.54, 1.807) is 0 Å². The molecule has 0 unspecified atom stereocenters. The number of H-pyrrole nitrogens is 3. The topological polar surface area (TPSA) is 120 Å². The number of nitrogens with zero attached hydrogens (tertiary/aromatic N) is 3. The molecular weight excluding hydrogens is 176 g/mol. The van der Waals surface area contributed by atoms with Crippen molar-refractivity contribution < 1.29 is 0 Å². The van der Waals surface area contributed by atoms with E-state index < -0.39 is 11.2 Å². The Balaban J connectivity index is 2.66. The van der Waals surface area contributed by atoms with Crippen LogP contribution in [-0.4, -0.2) is 30.6 Å². The number of hydrogen-bond donors (Lipinski definition) is 3. The van der Waals surface area contributed by atoms with Crippen LogP contribution in [-0.2, 0) is 0 Å². The lowest BCUT2D eigenvalue weighted by Crippen LogP contribution is -2.21. The van der Waals surface area contributed by atoms with Crippen molar-refractivity contribution in [3.05, 3.63) is 26.9 Å². The molecule has 2 rings (SSSR count). The first-order chi connectivity index (χ1) is 6.25. The molecule has 0 aliphatic heterocycles. The van der Waals surface area contributed by atoms with Crippen molar-refractivity contribution in [2.75, 3.05) is 0 Å². The molecule has 0 aliphatic rings. The SMILES string of the molecule is O=c1cc(-c2nn[nH]n2)[nH]c(=O)[nH]1. The molecule has 0 amide bonds. The van der Waals surface area contributed by atoms with Gasteiger partial charge in [0.05, 0.1) is 5.69 Å². The lowest BCUT2D eigenvalue weighted by molar-refractivity contribution is 0.881. The van der Waals surface area contributed by atoms with Crippen LogP contribution in [0.25, 0.3) is 11.5 Å². The standard InChI is InChI=1S/C5H4N6O2/c12-3-1-2(6-5(13)7-3)4-8-10-11-9-4/h1H,(H2,6,7,12,13)(H,8,9,10,11). The second kappa shape index (κ2) is 2.66. The van der Waals surface area contributed by atoms with Gasteiger partial charge in [-0.1, -0.05) is 0 Å². The minimum atomic E-state index is -0.604. The molecule has 0 spiro atoms. The largest absolute Gasteiger partial charge is 0.326 e. The summed E-state index contributed by atoms with van der Waals surface area (Å²) in [5.74, 6) is 0.170. The molecule has 2 heterocycles. The van der Waals surface area contributed by atoms with E-state index in [1.807, 2.05) is 4.98 Å². The molecular formula is C5H4N6O2. The van der Waals surface area contributed by atoms with Crippen LogP contribution in [0.5, 0.6) is 0 Å². The van der Waals surface area contributed by atoms with E-state index in [0.717, 1.165) is 0 Å². The van der Waals surface area contributed by atoms with Gasteiger partial charge in [-0.05, 0) is 5.21 Å². The van der Waals surface area contributed by atoms with E-state index in [-0.39, 0.29) is 11.5 Å². The maximum atomic E-state index is 10.8. The number of rotatable bonds is 1. The summed E-state index contributed by atoms with van der Waals surface area (Å²) in [5.41, 5.74) is -0.890. The van der Waals surface area contributed by atoms with Gasteiger partial charge in [0.2, 0.25) is 5.82 Å². The van der Waals surface area contributed by atoms with Crippen LogP contribution >= 0.6 is 0 Å². The average molecular weight is 180 g/mol. The highest BCUT2D eigenvalue weighted by Gasteiger charge is 2.03. The lowest BCUT2D eigenvalue weighted by Gasteiger charge is -1.90. The maximum Gasteiger partial charge on any atom is 0.326 e. The summed E-state index contributed by atoms with van der Waals surface area (Å²) in [4.78, 5) is 26.0. The van der Waals surface area contributed by atoms with Crippen LogP contribution in [0.1, 0.15) is 0 Å². The van der Waals surface area contributed by atoms with E-state index in [9.17, 15) is 9.59 Å². The monoisotopic (exact) mass is 180 g/mol. The normalized spacial score (nSPS) is 10.2.